The van der Waals surface area contributed by atoms with E-state index in [2.05, 4.69) is 69.2 Å². The highest BCUT2D eigenvalue weighted by molar-refractivity contribution is 5.90. The summed E-state index contributed by atoms with van der Waals surface area (Å²) in [5, 5.41) is 0. The molecule has 0 aromatic carbocycles. The summed E-state index contributed by atoms with van der Waals surface area (Å²) in [4.78, 5) is 119. The van der Waals surface area contributed by atoms with Crippen LogP contribution in [0.25, 0.3) is 0 Å². The number of fused-ring (bicyclic) bond motifs is 4. The lowest BCUT2D eigenvalue weighted by Gasteiger charge is -2.45. The molecule has 17 heteroatoms. The number of carbonyl (C=O) groups excluding carboxylic acids is 11. The molecular formula is C102H168O17. The van der Waals surface area contributed by atoms with E-state index in [4.69, 9.17) is 28.4 Å². The molecule has 14 atom stereocenters. The number of hydrogen-bond acceptors (Lipinski definition) is 17. The number of hydrogen-bond donors (Lipinski definition) is 0. The van der Waals surface area contributed by atoms with E-state index in [1.54, 1.807) is 94.4 Å². The molecule has 6 heterocycles. The second-order valence-electron chi connectivity index (χ2n) is 40.2. The molecule has 6 saturated heterocycles. The van der Waals surface area contributed by atoms with Crippen LogP contribution in [-0.2, 0) is 81.2 Å². The Morgan fingerprint density at radius 1 is 0.353 bits per heavy atom. The van der Waals surface area contributed by atoms with Gasteiger partial charge in [-0.25, -0.2) is 0 Å². The van der Waals surface area contributed by atoms with Gasteiger partial charge in [0.2, 0.25) is 0 Å². The third-order valence-electron chi connectivity index (χ3n) is 25.3. The maximum absolute atomic E-state index is 11.1. The highest BCUT2D eigenvalue weighted by atomic mass is 16.5. The fourth-order valence-electron chi connectivity index (χ4n) is 21.8. The fraction of sp³-hybridized carbons (Fsp3) is 0.794. The van der Waals surface area contributed by atoms with E-state index >= 15 is 0 Å². The molecule has 6 aliphatic heterocycles. The van der Waals surface area contributed by atoms with Crippen molar-refractivity contribution in [3.8, 4) is 0 Å². The Kier molecular flexibility index (Phi) is 46.6. The van der Waals surface area contributed by atoms with Crippen molar-refractivity contribution in [1.29, 1.82) is 0 Å². The van der Waals surface area contributed by atoms with E-state index in [0.29, 0.717) is 113 Å². The molecule has 17 nitrogen and oxygen atoms in total. The van der Waals surface area contributed by atoms with Crippen molar-refractivity contribution in [2.75, 3.05) is 13.2 Å². The van der Waals surface area contributed by atoms with Crippen molar-refractivity contribution in [3.63, 3.8) is 0 Å². The van der Waals surface area contributed by atoms with Crippen molar-refractivity contribution in [1.82, 2.24) is 0 Å². The van der Waals surface area contributed by atoms with E-state index in [1.165, 1.54) is 107 Å². The predicted molar refractivity (Wildman–Crippen MR) is 479 cm³/mol. The normalized spacial score (nSPS) is 31.4. The summed E-state index contributed by atoms with van der Waals surface area (Å²) in [6.07, 6.45) is 48.9. The van der Waals surface area contributed by atoms with Gasteiger partial charge in [-0.2, -0.15) is 0 Å². The van der Waals surface area contributed by atoms with Crippen LogP contribution >= 0.6 is 0 Å². The summed E-state index contributed by atoms with van der Waals surface area (Å²) in [7, 11) is 0. The molecule has 9 aliphatic carbocycles. The van der Waals surface area contributed by atoms with Crippen LogP contribution in [-0.4, -0.2) is 136 Å². The molecule has 678 valence electrons. The summed E-state index contributed by atoms with van der Waals surface area (Å²) in [6.45, 7) is 45.0. The zero-order valence-corrected chi connectivity index (χ0v) is 77.2. The maximum Gasteiger partial charge on any atom is 0.153 e. The lowest BCUT2D eigenvalue weighted by Crippen LogP contribution is -2.45. The van der Waals surface area contributed by atoms with Gasteiger partial charge in [-0.1, -0.05) is 121 Å². The average Bonchev–Trinajstić information content (AvgIpc) is 1.60. The van der Waals surface area contributed by atoms with Gasteiger partial charge in [0.25, 0.3) is 0 Å². The van der Waals surface area contributed by atoms with Crippen LogP contribution < -0.4 is 0 Å². The van der Waals surface area contributed by atoms with Gasteiger partial charge in [0.05, 0.1) is 59.0 Å². The number of ether oxygens (including phenoxy) is 6. The predicted octanol–water partition coefficient (Wildman–Crippen LogP) is 22.5. The molecule has 119 heavy (non-hydrogen) atoms. The van der Waals surface area contributed by atoms with E-state index in [-0.39, 0.29) is 78.7 Å². The van der Waals surface area contributed by atoms with Crippen molar-refractivity contribution in [2.45, 2.75) is 426 Å². The number of carbonyl (C=O) groups is 11. The van der Waals surface area contributed by atoms with Gasteiger partial charge in [-0.15, -0.1) is 0 Å². The lowest BCUT2D eigenvalue weighted by atomic mass is 9.78. The van der Waals surface area contributed by atoms with Crippen molar-refractivity contribution >= 4 is 63.6 Å². The Morgan fingerprint density at radius 2 is 0.672 bits per heavy atom. The Bertz CT molecular complexity index is 3170. The highest BCUT2D eigenvalue weighted by Gasteiger charge is 2.58. The van der Waals surface area contributed by atoms with Gasteiger partial charge < -0.3 is 47.6 Å². The van der Waals surface area contributed by atoms with Crippen LogP contribution in [0, 0.1) is 82.9 Å². The summed E-state index contributed by atoms with van der Waals surface area (Å²) < 4.78 is 33.6. The topological polar surface area (TPSA) is 243 Å². The van der Waals surface area contributed by atoms with Crippen molar-refractivity contribution < 1.29 is 81.2 Å². The minimum atomic E-state index is -0.150. The van der Waals surface area contributed by atoms with E-state index in [1.807, 2.05) is 38.2 Å². The molecule has 15 aliphatic rings. The monoisotopic (exact) mass is 1670 g/mol. The zero-order chi connectivity index (χ0) is 87.4. The molecule has 0 aromatic rings. The Labute approximate surface area is 722 Å². The van der Waals surface area contributed by atoms with Crippen molar-refractivity contribution in [2.24, 2.45) is 82.9 Å². The molecule has 14 unspecified atom stereocenters. The van der Waals surface area contributed by atoms with Gasteiger partial charge in [-0.3, -0.25) is 33.6 Å². The summed E-state index contributed by atoms with van der Waals surface area (Å²) >= 11 is 0. The smallest absolute Gasteiger partial charge is 0.153 e. The van der Waals surface area contributed by atoms with Gasteiger partial charge >= 0.3 is 0 Å². The third-order valence-corrected chi connectivity index (χ3v) is 25.3. The highest BCUT2D eigenvalue weighted by Crippen LogP contribution is 2.59. The molecule has 0 bridgehead atoms. The van der Waals surface area contributed by atoms with E-state index in [9.17, 15) is 52.7 Å². The molecular weight excluding hydrogens is 1500 g/mol. The third kappa shape index (κ3) is 41.9. The lowest BCUT2D eigenvalue weighted by molar-refractivity contribution is -0.173. The Morgan fingerprint density at radius 3 is 0.983 bits per heavy atom. The zero-order valence-electron chi connectivity index (χ0n) is 77.2. The van der Waals surface area contributed by atoms with E-state index in [0.717, 1.165) is 144 Å². The first-order valence-electron chi connectivity index (χ1n) is 45.5. The average molecular weight is 1670 g/mol. The Balaban J connectivity index is 0.000000339. The number of Topliss-reactive ketones (excluding diaryl/α,β-unsaturated/α-hetero) is 8. The first-order valence-corrected chi connectivity index (χ1v) is 45.5. The van der Waals surface area contributed by atoms with Crippen LogP contribution in [0.3, 0.4) is 0 Å². The van der Waals surface area contributed by atoms with Gasteiger partial charge in [-0.05, 0) is 327 Å². The van der Waals surface area contributed by atoms with Crippen molar-refractivity contribution in [3.05, 3.63) is 59.3 Å². The van der Waals surface area contributed by atoms with Crippen LogP contribution in [0.4, 0.5) is 0 Å². The second kappa shape index (κ2) is 51.3. The molecule has 0 aromatic heterocycles. The largest absolute Gasteiger partial charge is 0.377 e. The van der Waals surface area contributed by atoms with E-state index < -0.39 is 0 Å². The molecule has 0 amide bonds. The quantitative estimate of drug-likeness (QED) is 0.138. The first kappa shape index (κ1) is 108. The summed E-state index contributed by atoms with van der Waals surface area (Å²) in [5.41, 5.74) is 2.97. The van der Waals surface area contributed by atoms with Crippen LogP contribution in [0.2, 0.25) is 0 Å². The standard InChI is InChI=1S/C12H22O2.C12H20O2.C10H18O2.C10H16O2.C9H16O.C9H10O.2C8H12O.C8H14O.2C7H10O2.2CH4/c2*1-9(13)6-10-7-11(2,3)14-12(4,5)8-10;2*1-7(11)4-10-5-8(2)12-9(3)6-10;2*1-8(10)7-9-5-3-2-4-6-9;2*1-5(9)8-6-3-2-4-7(6)8;1-7(9)6-8-4-2-3-5-8;2*1-4(8)6-5-2-3-9-7(5)6;;/h10H,6-8H2,1-5H3;6H,7-8H2,1-5H3;8-10H,4-6H2,1-3H3;4,8-9H,5-6H2,1-3H3;9H,2-7H2,1H3;3-7H,2H2,1H3;2*6-8H,2-4H2,1H3;8H,2-6H2,1H3;2*5-7H,2-3H2,1H3;2*1H4. The molecule has 0 radical (unpaired) electrons. The Hall–Kier alpha value is -5.17. The molecule has 15 rings (SSSR count). The van der Waals surface area contributed by atoms with Crippen LogP contribution in [0.1, 0.15) is 367 Å². The second-order valence-corrected chi connectivity index (χ2v) is 40.2. The summed E-state index contributed by atoms with van der Waals surface area (Å²) in [5.74, 6) is 11.8. The maximum atomic E-state index is 11.1. The van der Waals surface area contributed by atoms with Gasteiger partial charge in [0, 0.05) is 74.4 Å². The number of allylic oxidation sites excluding steroid dienone is 8. The number of ketones is 11. The van der Waals surface area contributed by atoms with Gasteiger partial charge in [0.15, 0.2) is 17.3 Å². The van der Waals surface area contributed by atoms with Crippen LogP contribution in [0.15, 0.2) is 59.3 Å². The number of rotatable bonds is 15. The minimum Gasteiger partial charge on any atom is -0.377 e. The first-order chi connectivity index (χ1) is 54.6. The molecule has 8 saturated carbocycles. The van der Waals surface area contributed by atoms with Gasteiger partial charge in [0.1, 0.15) is 46.3 Å². The fourth-order valence-corrected chi connectivity index (χ4v) is 21.8. The molecule has 0 N–H and O–H groups in total. The van der Waals surface area contributed by atoms with Crippen LogP contribution in [0.5, 0.6) is 0 Å². The summed E-state index contributed by atoms with van der Waals surface area (Å²) in [6, 6.07) is 0. The molecule has 0 spiro atoms. The SMILES string of the molecule is C.C.CC(=O)C1C2CCCC21.CC(=O)C1C2CCCC21.CC(=O)C1C2CCOC21.CC(=O)C1C2CCOC21.CC(=O)C=C1C=CCC=C1.CC(=O)C=C1CC(C)(C)OC(C)(C)C1.CC(=O)C=C1CC(C)OC(C)C1.CC(=O)CC1CC(C)(C)OC(C)(C)C1.CC(=O)CC1CC(C)OC(C)C1.CC(=O)CC1CCCC1.CC(=O)CC1CCCCC1. The molecule has 14 fully saturated rings. The minimum absolute atomic E-state index is 0.